The highest BCUT2D eigenvalue weighted by atomic mass is 35.5. The highest BCUT2D eigenvalue weighted by molar-refractivity contribution is 6.27. The van der Waals surface area contributed by atoms with Crippen LogP contribution in [0, 0.1) is 5.82 Å². The summed E-state index contributed by atoms with van der Waals surface area (Å²) in [6.45, 7) is 2.36. The van der Waals surface area contributed by atoms with E-state index < -0.39 is 6.04 Å². The van der Waals surface area contributed by atoms with Crippen molar-refractivity contribution in [1.29, 1.82) is 0 Å². The van der Waals surface area contributed by atoms with Crippen LogP contribution in [0.15, 0.2) is 24.3 Å². The lowest BCUT2D eigenvalue weighted by Crippen LogP contribution is -2.47. The van der Waals surface area contributed by atoms with E-state index in [9.17, 15) is 14.0 Å². The second kappa shape index (κ2) is 9.76. The lowest BCUT2D eigenvalue weighted by Gasteiger charge is -2.33. The topological polar surface area (TPSA) is 49.4 Å². The molecule has 6 heteroatoms. The molecule has 1 fully saturated rings. The molecule has 4 nitrogen and oxygen atoms in total. The Morgan fingerprint density at radius 1 is 1.24 bits per heavy atom. The van der Waals surface area contributed by atoms with Crippen LogP contribution in [0.3, 0.4) is 0 Å². The van der Waals surface area contributed by atoms with Crippen LogP contribution in [0.25, 0.3) is 0 Å². The molecule has 0 aliphatic heterocycles. The first-order valence-electron chi connectivity index (χ1n) is 8.98. The average Bonchev–Trinajstić information content (AvgIpc) is 2.63. The highest BCUT2D eigenvalue weighted by Crippen LogP contribution is 2.25. The molecule has 0 radical (unpaired) electrons. The maximum atomic E-state index is 13.3. The van der Waals surface area contributed by atoms with Crippen molar-refractivity contribution in [2.75, 3.05) is 12.4 Å². The minimum Gasteiger partial charge on any atom is -0.351 e. The van der Waals surface area contributed by atoms with E-state index in [1.807, 2.05) is 6.92 Å². The van der Waals surface area contributed by atoms with E-state index in [0.717, 1.165) is 25.7 Å². The van der Waals surface area contributed by atoms with E-state index >= 15 is 0 Å². The average molecular weight is 369 g/mol. The monoisotopic (exact) mass is 368 g/mol. The smallest absolute Gasteiger partial charge is 0.247 e. The van der Waals surface area contributed by atoms with Gasteiger partial charge in [-0.15, -0.1) is 11.6 Å². The normalized spacial score (nSPS) is 16.3. The summed E-state index contributed by atoms with van der Waals surface area (Å²) in [4.78, 5) is 26.8. The Bertz CT molecular complexity index is 573. The van der Waals surface area contributed by atoms with Gasteiger partial charge in [-0.05, 0) is 37.0 Å². The Labute approximate surface area is 153 Å². The fourth-order valence-electron chi connectivity index (χ4n) is 3.36. The van der Waals surface area contributed by atoms with Crippen LogP contribution in [0.5, 0.6) is 0 Å². The molecule has 1 aliphatic carbocycles. The summed E-state index contributed by atoms with van der Waals surface area (Å²) in [5.74, 6) is -1.07. The lowest BCUT2D eigenvalue weighted by molar-refractivity contribution is -0.139. The van der Waals surface area contributed by atoms with Crippen LogP contribution >= 0.6 is 11.6 Å². The van der Waals surface area contributed by atoms with E-state index in [0.29, 0.717) is 18.5 Å². The molecule has 1 saturated carbocycles. The number of amides is 2. The van der Waals surface area contributed by atoms with Crippen LogP contribution in [0.2, 0.25) is 0 Å². The van der Waals surface area contributed by atoms with Crippen LogP contribution in [-0.4, -0.2) is 35.2 Å². The van der Waals surface area contributed by atoms with Crippen LogP contribution in [0.4, 0.5) is 4.39 Å². The minimum absolute atomic E-state index is 0.138. The number of benzene rings is 1. The first kappa shape index (κ1) is 19.7. The van der Waals surface area contributed by atoms with Gasteiger partial charge in [0.1, 0.15) is 17.7 Å². The molecule has 1 N–H and O–H groups in total. The van der Waals surface area contributed by atoms with E-state index in [-0.39, 0.29) is 29.6 Å². The summed E-state index contributed by atoms with van der Waals surface area (Å²) in [7, 11) is 0. The minimum atomic E-state index is -0.784. The van der Waals surface area contributed by atoms with Crippen molar-refractivity contribution in [3.8, 4) is 0 Å². The first-order valence-corrected chi connectivity index (χ1v) is 9.51. The molecule has 1 aromatic rings. The summed E-state index contributed by atoms with van der Waals surface area (Å²) in [5, 5.41) is 3.08. The van der Waals surface area contributed by atoms with Crippen LogP contribution < -0.4 is 5.32 Å². The van der Waals surface area contributed by atoms with Crippen molar-refractivity contribution < 1.29 is 14.0 Å². The van der Waals surface area contributed by atoms with Gasteiger partial charge in [-0.25, -0.2) is 4.39 Å². The number of rotatable bonds is 7. The predicted octanol–water partition coefficient (Wildman–Crippen LogP) is 3.79. The summed E-state index contributed by atoms with van der Waals surface area (Å²) in [6, 6.07) is 5.10. The highest BCUT2D eigenvalue weighted by Gasteiger charge is 2.32. The van der Waals surface area contributed by atoms with Crippen molar-refractivity contribution in [3.63, 3.8) is 0 Å². The molecule has 2 amide bonds. The number of halogens is 2. The molecule has 0 aromatic heterocycles. The molecule has 1 aromatic carbocycles. The SMILES string of the molecule is CCCN(C(=O)CCl)[C@H](C(=O)NC1CCCCC1)c1ccc(F)cc1. The zero-order valence-electron chi connectivity index (χ0n) is 14.6. The number of hydrogen-bond acceptors (Lipinski definition) is 2. The van der Waals surface area contributed by atoms with Gasteiger partial charge in [0.05, 0.1) is 0 Å². The van der Waals surface area contributed by atoms with Crippen molar-refractivity contribution >= 4 is 23.4 Å². The third-order valence-corrected chi connectivity index (χ3v) is 4.83. The Morgan fingerprint density at radius 3 is 2.44 bits per heavy atom. The van der Waals surface area contributed by atoms with Crippen LogP contribution in [0.1, 0.15) is 57.1 Å². The fourth-order valence-corrected chi connectivity index (χ4v) is 3.51. The Hall–Kier alpha value is -1.62. The van der Waals surface area contributed by atoms with Gasteiger partial charge in [0.2, 0.25) is 11.8 Å². The number of hydrogen-bond donors (Lipinski definition) is 1. The molecule has 25 heavy (non-hydrogen) atoms. The molecular formula is C19H26ClFN2O2. The van der Waals surface area contributed by atoms with Gasteiger partial charge in [0.15, 0.2) is 0 Å². The maximum absolute atomic E-state index is 13.3. The molecule has 138 valence electrons. The van der Waals surface area contributed by atoms with Gasteiger partial charge in [0, 0.05) is 12.6 Å². The third kappa shape index (κ3) is 5.43. The third-order valence-electron chi connectivity index (χ3n) is 4.60. The Balaban J connectivity index is 2.27. The maximum Gasteiger partial charge on any atom is 0.247 e. The van der Waals surface area contributed by atoms with Crippen molar-refractivity contribution in [2.24, 2.45) is 0 Å². The molecular weight excluding hydrogens is 343 g/mol. The van der Waals surface area contributed by atoms with Gasteiger partial charge in [-0.2, -0.15) is 0 Å². The van der Waals surface area contributed by atoms with Gasteiger partial charge >= 0.3 is 0 Å². The standard InChI is InChI=1S/C19H26ClFN2O2/c1-2-12-23(17(24)13-20)18(14-8-10-15(21)11-9-14)19(25)22-16-6-4-3-5-7-16/h8-11,16,18H,2-7,12-13H2,1H3,(H,22,25)/t18-/m0/s1. The summed E-state index contributed by atoms with van der Waals surface area (Å²) >= 11 is 5.75. The molecule has 2 rings (SSSR count). The molecule has 0 unspecified atom stereocenters. The largest absolute Gasteiger partial charge is 0.351 e. The van der Waals surface area contributed by atoms with Crippen molar-refractivity contribution in [1.82, 2.24) is 10.2 Å². The summed E-state index contributed by atoms with van der Waals surface area (Å²) < 4.78 is 13.3. The first-order chi connectivity index (χ1) is 12.1. The second-order valence-electron chi connectivity index (χ2n) is 6.52. The van der Waals surface area contributed by atoms with Crippen LogP contribution in [-0.2, 0) is 9.59 Å². The number of alkyl halides is 1. The molecule has 0 heterocycles. The van der Waals surface area contributed by atoms with E-state index in [2.05, 4.69) is 5.32 Å². The number of carbonyl (C=O) groups excluding carboxylic acids is 2. The Morgan fingerprint density at radius 2 is 1.88 bits per heavy atom. The molecule has 0 saturated heterocycles. The lowest BCUT2D eigenvalue weighted by atomic mass is 9.94. The van der Waals surface area contributed by atoms with E-state index in [4.69, 9.17) is 11.6 Å². The van der Waals surface area contributed by atoms with Gasteiger partial charge in [-0.3, -0.25) is 9.59 Å². The fraction of sp³-hybridized carbons (Fsp3) is 0.579. The molecule has 0 spiro atoms. The van der Waals surface area contributed by atoms with Gasteiger partial charge in [-0.1, -0.05) is 38.3 Å². The summed E-state index contributed by atoms with van der Waals surface area (Å²) in [6.07, 6.45) is 6.02. The van der Waals surface area contributed by atoms with Crippen molar-refractivity contribution in [3.05, 3.63) is 35.6 Å². The molecule has 0 bridgehead atoms. The number of nitrogens with one attached hydrogen (secondary N) is 1. The quantitative estimate of drug-likeness (QED) is 0.744. The predicted molar refractivity (Wildman–Crippen MR) is 96.9 cm³/mol. The number of nitrogens with zero attached hydrogens (tertiary/aromatic N) is 1. The van der Waals surface area contributed by atoms with E-state index in [1.54, 1.807) is 12.1 Å². The van der Waals surface area contributed by atoms with Gasteiger partial charge < -0.3 is 10.2 Å². The van der Waals surface area contributed by atoms with E-state index in [1.165, 1.54) is 23.5 Å². The second-order valence-corrected chi connectivity index (χ2v) is 6.79. The number of carbonyl (C=O) groups is 2. The molecule has 1 atom stereocenters. The molecule has 1 aliphatic rings. The van der Waals surface area contributed by atoms with Gasteiger partial charge in [0.25, 0.3) is 0 Å². The summed E-state index contributed by atoms with van der Waals surface area (Å²) in [5.41, 5.74) is 0.599. The Kier molecular flexibility index (Phi) is 7.69. The zero-order chi connectivity index (χ0) is 18.2. The van der Waals surface area contributed by atoms with Crippen molar-refractivity contribution in [2.45, 2.75) is 57.5 Å². The zero-order valence-corrected chi connectivity index (χ0v) is 15.4.